The molecule has 1 aliphatic rings. The van der Waals surface area contributed by atoms with Gasteiger partial charge in [-0.2, -0.15) is 0 Å². The first-order valence-electron chi connectivity index (χ1n) is 6.39. The van der Waals surface area contributed by atoms with E-state index in [-0.39, 0.29) is 5.54 Å². The van der Waals surface area contributed by atoms with E-state index < -0.39 is 0 Å². The van der Waals surface area contributed by atoms with Gasteiger partial charge in [0.25, 0.3) is 0 Å². The monoisotopic (exact) mass is 213 g/mol. The molecule has 1 rings (SSSR count). The van der Waals surface area contributed by atoms with Crippen molar-refractivity contribution in [3.05, 3.63) is 0 Å². The van der Waals surface area contributed by atoms with Crippen LogP contribution in [0.3, 0.4) is 0 Å². The summed E-state index contributed by atoms with van der Waals surface area (Å²) in [7, 11) is 0. The van der Waals surface area contributed by atoms with E-state index in [0.717, 1.165) is 19.1 Å². The molecule has 1 heterocycles. The van der Waals surface area contributed by atoms with Crippen LogP contribution in [0.4, 0.5) is 0 Å². The molecule has 1 N–H and O–H groups in total. The van der Waals surface area contributed by atoms with Crippen LogP contribution >= 0.6 is 0 Å². The van der Waals surface area contributed by atoms with Crippen molar-refractivity contribution < 1.29 is 4.74 Å². The SMILES string of the molecule is CCC(C)(C)NC(C)CC1CCOCC1. The molecule has 0 spiro atoms. The van der Waals surface area contributed by atoms with Gasteiger partial charge in [-0.05, 0) is 52.4 Å². The van der Waals surface area contributed by atoms with Crippen molar-refractivity contribution in [2.45, 2.75) is 65.0 Å². The van der Waals surface area contributed by atoms with E-state index >= 15 is 0 Å². The van der Waals surface area contributed by atoms with Gasteiger partial charge in [0.1, 0.15) is 0 Å². The fraction of sp³-hybridized carbons (Fsp3) is 1.00. The molecule has 0 aliphatic carbocycles. The largest absolute Gasteiger partial charge is 0.381 e. The molecule has 1 aliphatic heterocycles. The Morgan fingerprint density at radius 1 is 1.33 bits per heavy atom. The van der Waals surface area contributed by atoms with Crippen molar-refractivity contribution >= 4 is 0 Å². The molecule has 90 valence electrons. The number of rotatable bonds is 5. The third kappa shape index (κ3) is 4.98. The highest BCUT2D eigenvalue weighted by Gasteiger charge is 2.21. The molecule has 2 nitrogen and oxygen atoms in total. The Kier molecular flexibility index (Phi) is 5.07. The first kappa shape index (κ1) is 13.0. The minimum atomic E-state index is 0.282. The van der Waals surface area contributed by atoms with Crippen LogP contribution in [0.5, 0.6) is 0 Å². The third-order valence-corrected chi connectivity index (χ3v) is 3.55. The van der Waals surface area contributed by atoms with Gasteiger partial charge in [0.15, 0.2) is 0 Å². The standard InChI is InChI=1S/C13H27NO/c1-5-13(3,4)14-11(2)10-12-6-8-15-9-7-12/h11-12,14H,5-10H2,1-4H3. The van der Waals surface area contributed by atoms with Crippen molar-refractivity contribution in [1.29, 1.82) is 0 Å². The highest BCUT2D eigenvalue weighted by Crippen LogP contribution is 2.21. The summed E-state index contributed by atoms with van der Waals surface area (Å²) in [5.41, 5.74) is 0.282. The second-order valence-corrected chi connectivity index (χ2v) is 5.57. The Balaban J connectivity index is 2.25. The van der Waals surface area contributed by atoms with E-state index in [9.17, 15) is 0 Å². The molecule has 0 radical (unpaired) electrons. The summed E-state index contributed by atoms with van der Waals surface area (Å²) in [6.45, 7) is 11.1. The summed E-state index contributed by atoms with van der Waals surface area (Å²) >= 11 is 0. The quantitative estimate of drug-likeness (QED) is 0.758. The van der Waals surface area contributed by atoms with Crippen LogP contribution < -0.4 is 5.32 Å². The molecule has 0 bridgehead atoms. The van der Waals surface area contributed by atoms with Crippen LogP contribution in [-0.4, -0.2) is 24.8 Å². The third-order valence-electron chi connectivity index (χ3n) is 3.55. The van der Waals surface area contributed by atoms with Crippen molar-refractivity contribution in [3.8, 4) is 0 Å². The van der Waals surface area contributed by atoms with Gasteiger partial charge in [0, 0.05) is 24.8 Å². The Morgan fingerprint density at radius 2 is 1.93 bits per heavy atom. The fourth-order valence-electron chi connectivity index (χ4n) is 2.31. The van der Waals surface area contributed by atoms with Gasteiger partial charge >= 0.3 is 0 Å². The molecule has 0 aromatic carbocycles. The Morgan fingerprint density at radius 3 is 2.47 bits per heavy atom. The van der Waals surface area contributed by atoms with Crippen LogP contribution in [0.25, 0.3) is 0 Å². The molecule has 15 heavy (non-hydrogen) atoms. The zero-order chi connectivity index (χ0) is 11.3. The molecule has 0 aromatic heterocycles. The van der Waals surface area contributed by atoms with Gasteiger partial charge in [-0.1, -0.05) is 6.92 Å². The molecule has 0 aromatic rings. The highest BCUT2D eigenvalue weighted by atomic mass is 16.5. The van der Waals surface area contributed by atoms with Gasteiger partial charge in [-0.25, -0.2) is 0 Å². The van der Waals surface area contributed by atoms with Gasteiger partial charge in [0.2, 0.25) is 0 Å². The summed E-state index contributed by atoms with van der Waals surface area (Å²) in [5.74, 6) is 0.869. The van der Waals surface area contributed by atoms with E-state index in [1.54, 1.807) is 0 Å². The molecular formula is C13H27NO. The van der Waals surface area contributed by atoms with E-state index in [2.05, 4.69) is 33.0 Å². The van der Waals surface area contributed by atoms with Crippen molar-refractivity contribution in [2.75, 3.05) is 13.2 Å². The minimum absolute atomic E-state index is 0.282. The lowest BCUT2D eigenvalue weighted by atomic mass is 9.91. The van der Waals surface area contributed by atoms with Gasteiger partial charge < -0.3 is 10.1 Å². The summed E-state index contributed by atoms with van der Waals surface area (Å²) in [6, 6.07) is 0.628. The van der Waals surface area contributed by atoms with E-state index in [1.165, 1.54) is 25.7 Å². The topological polar surface area (TPSA) is 21.3 Å². The van der Waals surface area contributed by atoms with Crippen molar-refractivity contribution in [1.82, 2.24) is 5.32 Å². The molecular weight excluding hydrogens is 186 g/mol. The molecule has 0 amide bonds. The lowest BCUT2D eigenvalue weighted by Crippen LogP contribution is -2.45. The average Bonchev–Trinajstić information content (AvgIpc) is 2.18. The predicted molar refractivity (Wildman–Crippen MR) is 65.1 cm³/mol. The highest BCUT2D eigenvalue weighted by molar-refractivity contribution is 4.80. The Hall–Kier alpha value is -0.0800. The zero-order valence-electron chi connectivity index (χ0n) is 10.8. The summed E-state index contributed by atoms with van der Waals surface area (Å²) in [4.78, 5) is 0. The number of hydrogen-bond donors (Lipinski definition) is 1. The number of nitrogens with one attached hydrogen (secondary N) is 1. The lowest BCUT2D eigenvalue weighted by molar-refractivity contribution is 0.0600. The zero-order valence-corrected chi connectivity index (χ0v) is 10.8. The Labute approximate surface area is 94.8 Å². The molecule has 1 unspecified atom stereocenters. The van der Waals surface area contributed by atoms with Crippen LogP contribution in [0.2, 0.25) is 0 Å². The molecule has 1 fully saturated rings. The maximum Gasteiger partial charge on any atom is 0.0468 e. The average molecular weight is 213 g/mol. The first-order valence-corrected chi connectivity index (χ1v) is 6.39. The lowest BCUT2D eigenvalue weighted by Gasteiger charge is -2.32. The van der Waals surface area contributed by atoms with E-state index in [1.807, 2.05) is 0 Å². The maximum absolute atomic E-state index is 5.38. The molecule has 0 saturated carbocycles. The summed E-state index contributed by atoms with van der Waals surface area (Å²) in [5, 5.41) is 3.71. The second kappa shape index (κ2) is 5.86. The molecule has 1 saturated heterocycles. The van der Waals surface area contributed by atoms with Crippen LogP contribution in [0.1, 0.15) is 53.4 Å². The summed E-state index contributed by atoms with van der Waals surface area (Å²) in [6.07, 6.45) is 4.98. The summed E-state index contributed by atoms with van der Waals surface area (Å²) < 4.78 is 5.38. The van der Waals surface area contributed by atoms with E-state index in [0.29, 0.717) is 6.04 Å². The van der Waals surface area contributed by atoms with Gasteiger partial charge in [-0.3, -0.25) is 0 Å². The van der Waals surface area contributed by atoms with Gasteiger partial charge in [-0.15, -0.1) is 0 Å². The van der Waals surface area contributed by atoms with E-state index in [4.69, 9.17) is 4.74 Å². The van der Waals surface area contributed by atoms with Gasteiger partial charge in [0.05, 0.1) is 0 Å². The second-order valence-electron chi connectivity index (χ2n) is 5.57. The Bertz CT molecular complexity index is 173. The van der Waals surface area contributed by atoms with Crippen molar-refractivity contribution in [3.63, 3.8) is 0 Å². The minimum Gasteiger partial charge on any atom is -0.381 e. The predicted octanol–water partition coefficient (Wildman–Crippen LogP) is 2.97. The molecule has 1 atom stereocenters. The van der Waals surface area contributed by atoms with Crippen LogP contribution in [0.15, 0.2) is 0 Å². The normalized spacial score (nSPS) is 21.6. The number of ether oxygens (including phenoxy) is 1. The molecule has 2 heteroatoms. The van der Waals surface area contributed by atoms with Crippen LogP contribution in [0, 0.1) is 5.92 Å². The maximum atomic E-state index is 5.38. The van der Waals surface area contributed by atoms with Crippen LogP contribution in [-0.2, 0) is 4.74 Å². The van der Waals surface area contributed by atoms with Crippen molar-refractivity contribution in [2.24, 2.45) is 5.92 Å². The first-order chi connectivity index (χ1) is 7.03. The fourth-order valence-corrected chi connectivity index (χ4v) is 2.31. The number of hydrogen-bond acceptors (Lipinski definition) is 2. The smallest absolute Gasteiger partial charge is 0.0468 e.